The lowest BCUT2D eigenvalue weighted by atomic mass is 9.99. The highest BCUT2D eigenvalue weighted by Gasteiger charge is 2.34. The fourth-order valence-electron chi connectivity index (χ4n) is 2.01. The maximum Gasteiger partial charge on any atom is 0.256 e. The average molecular weight is 285 g/mol. The molecule has 2 atom stereocenters. The first-order valence-corrected chi connectivity index (χ1v) is 7.33. The van der Waals surface area contributed by atoms with Crippen molar-refractivity contribution >= 4 is 11.6 Å². The van der Waals surface area contributed by atoms with Crippen molar-refractivity contribution in [1.82, 2.24) is 0 Å². The number of ether oxygens (including phenoxy) is 2. The first-order chi connectivity index (χ1) is 9.06. The van der Waals surface area contributed by atoms with E-state index in [-0.39, 0.29) is 12.5 Å². The monoisotopic (exact) mass is 284 g/mol. The van der Waals surface area contributed by atoms with E-state index < -0.39 is 5.79 Å². The molecular formula is C15H21ClO3. The lowest BCUT2D eigenvalue weighted by molar-refractivity contribution is -0.156. The Morgan fingerprint density at radius 2 is 2.21 bits per heavy atom. The van der Waals surface area contributed by atoms with E-state index in [1.54, 1.807) is 0 Å². The maximum absolute atomic E-state index is 9.99. The molecular weight excluding hydrogens is 264 g/mol. The van der Waals surface area contributed by atoms with E-state index in [1.165, 1.54) is 12.0 Å². The van der Waals surface area contributed by atoms with Gasteiger partial charge in [-0.2, -0.15) is 0 Å². The molecule has 0 radical (unpaired) electrons. The molecule has 2 rings (SSSR count). The fraction of sp³-hybridized carbons (Fsp3) is 0.600. The van der Waals surface area contributed by atoms with Crippen LogP contribution in [0.15, 0.2) is 18.2 Å². The second-order valence-corrected chi connectivity index (χ2v) is 5.57. The van der Waals surface area contributed by atoms with Gasteiger partial charge in [0.15, 0.2) is 18.1 Å². The van der Waals surface area contributed by atoms with E-state index in [0.717, 1.165) is 12.8 Å². The Hall–Kier alpha value is -0.930. The second kappa shape index (κ2) is 6.02. The van der Waals surface area contributed by atoms with Gasteiger partial charge in [-0.1, -0.05) is 26.3 Å². The van der Waals surface area contributed by atoms with E-state index in [9.17, 15) is 5.11 Å². The Labute approximate surface area is 119 Å². The molecule has 106 valence electrons. The van der Waals surface area contributed by atoms with Crippen LogP contribution in [0, 0.1) is 5.92 Å². The summed E-state index contributed by atoms with van der Waals surface area (Å²) >= 11 is 5.69. The first kappa shape index (κ1) is 14.5. The smallest absolute Gasteiger partial charge is 0.256 e. The van der Waals surface area contributed by atoms with Crippen LogP contribution in [0.2, 0.25) is 0 Å². The summed E-state index contributed by atoms with van der Waals surface area (Å²) in [4.78, 5) is 0. The molecule has 0 spiro atoms. The molecule has 1 aromatic rings. The minimum Gasteiger partial charge on any atom is -0.483 e. The van der Waals surface area contributed by atoms with Crippen LogP contribution < -0.4 is 9.47 Å². The Balaban J connectivity index is 2.08. The zero-order chi connectivity index (χ0) is 13.9. The summed E-state index contributed by atoms with van der Waals surface area (Å²) in [6.45, 7) is 4.52. The third-order valence-electron chi connectivity index (χ3n) is 3.59. The Morgan fingerprint density at radius 1 is 1.42 bits per heavy atom. The Bertz CT molecular complexity index is 435. The molecule has 3 nitrogen and oxygen atoms in total. The Kier molecular flexibility index (Phi) is 4.58. The summed E-state index contributed by atoms with van der Waals surface area (Å²) in [6, 6.07) is 5.89. The van der Waals surface area contributed by atoms with E-state index >= 15 is 0 Å². The summed E-state index contributed by atoms with van der Waals surface area (Å²) in [5.41, 5.74) is 1.20. The number of hydrogen-bond donors (Lipinski definition) is 1. The highest BCUT2D eigenvalue weighted by Crippen LogP contribution is 2.36. The maximum atomic E-state index is 9.99. The van der Waals surface area contributed by atoms with Gasteiger partial charge in [0.25, 0.3) is 5.79 Å². The second-order valence-electron chi connectivity index (χ2n) is 5.30. The normalized spacial score (nSPS) is 23.2. The summed E-state index contributed by atoms with van der Waals surface area (Å²) in [6.07, 6.45) is 3.34. The molecule has 2 unspecified atom stereocenters. The number of alkyl halides is 1. The van der Waals surface area contributed by atoms with Crippen LogP contribution in [0.1, 0.15) is 32.3 Å². The van der Waals surface area contributed by atoms with Crippen LogP contribution in [-0.4, -0.2) is 23.4 Å². The zero-order valence-corrected chi connectivity index (χ0v) is 12.2. The van der Waals surface area contributed by atoms with Crippen LogP contribution in [0.25, 0.3) is 0 Å². The molecule has 0 saturated carbocycles. The van der Waals surface area contributed by atoms with E-state index in [0.29, 0.717) is 17.4 Å². The molecule has 0 aromatic heterocycles. The van der Waals surface area contributed by atoms with Crippen molar-refractivity contribution in [3.05, 3.63) is 23.8 Å². The largest absolute Gasteiger partial charge is 0.483 e. The van der Waals surface area contributed by atoms with Gasteiger partial charge >= 0.3 is 0 Å². The number of aliphatic hydroxyl groups is 1. The number of rotatable bonds is 5. The van der Waals surface area contributed by atoms with E-state index in [1.807, 2.05) is 12.1 Å². The van der Waals surface area contributed by atoms with Crippen LogP contribution >= 0.6 is 11.6 Å². The lowest BCUT2D eigenvalue weighted by Crippen LogP contribution is -2.46. The molecule has 0 bridgehead atoms. The lowest BCUT2D eigenvalue weighted by Gasteiger charge is -2.32. The van der Waals surface area contributed by atoms with Crippen LogP contribution in [0.4, 0.5) is 0 Å². The molecule has 1 aliphatic heterocycles. The zero-order valence-electron chi connectivity index (χ0n) is 11.5. The van der Waals surface area contributed by atoms with E-state index in [2.05, 4.69) is 19.9 Å². The quantitative estimate of drug-likeness (QED) is 0.843. The number of hydrogen-bond acceptors (Lipinski definition) is 3. The Morgan fingerprint density at radius 3 is 2.89 bits per heavy atom. The van der Waals surface area contributed by atoms with Gasteiger partial charge in [-0.05, 0) is 36.5 Å². The van der Waals surface area contributed by atoms with Crippen molar-refractivity contribution < 1.29 is 14.6 Å². The van der Waals surface area contributed by atoms with E-state index in [4.69, 9.17) is 21.1 Å². The van der Waals surface area contributed by atoms with Crippen molar-refractivity contribution in [1.29, 1.82) is 0 Å². The minimum absolute atomic E-state index is 0.0104. The highest BCUT2D eigenvalue weighted by atomic mass is 35.5. The van der Waals surface area contributed by atoms with Gasteiger partial charge < -0.3 is 14.6 Å². The van der Waals surface area contributed by atoms with Crippen molar-refractivity contribution in [3.63, 3.8) is 0 Å². The van der Waals surface area contributed by atoms with Crippen molar-refractivity contribution in [2.24, 2.45) is 5.92 Å². The van der Waals surface area contributed by atoms with Gasteiger partial charge in [-0.25, -0.2) is 0 Å². The molecule has 1 aliphatic rings. The van der Waals surface area contributed by atoms with Crippen molar-refractivity contribution in [2.75, 3.05) is 12.5 Å². The molecule has 0 fully saturated rings. The van der Waals surface area contributed by atoms with Crippen molar-refractivity contribution in [3.8, 4) is 11.5 Å². The fourth-order valence-corrected chi connectivity index (χ4v) is 2.15. The van der Waals surface area contributed by atoms with Crippen LogP contribution in [-0.2, 0) is 6.42 Å². The SMILES string of the molecule is CCC(C)CCc1ccc2c(c1)OC(O)(CCl)CO2. The molecule has 0 saturated heterocycles. The van der Waals surface area contributed by atoms with Gasteiger partial charge in [-0.3, -0.25) is 0 Å². The molecule has 1 heterocycles. The number of benzene rings is 1. The standard InChI is InChI=1S/C15H21ClO3/c1-3-11(2)4-5-12-6-7-13-14(8-12)19-15(17,9-16)10-18-13/h6-8,11,17H,3-5,9-10H2,1-2H3. The third kappa shape index (κ3) is 3.54. The summed E-state index contributed by atoms with van der Waals surface area (Å²) in [5.74, 6) is 0.541. The van der Waals surface area contributed by atoms with Crippen LogP contribution in [0.5, 0.6) is 11.5 Å². The van der Waals surface area contributed by atoms with Crippen LogP contribution in [0.3, 0.4) is 0 Å². The average Bonchev–Trinajstić information content (AvgIpc) is 2.44. The number of fused-ring (bicyclic) bond motifs is 1. The number of halogens is 1. The molecule has 1 N–H and O–H groups in total. The highest BCUT2D eigenvalue weighted by molar-refractivity contribution is 6.18. The third-order valence-corrected chi connectivity index (χ3v) is 4.01. The predicted octanol–water partition coefficient (Wildman–Crippen LogP) is 3.36. The summed E-state index contributed by atoms with van der Waals surface area (Å²) < 4.78 is 11.0. The minimum atomic E-state index is -1.41. The molecule has 19 heavy (non-hydrogen) atoms. The summed E-state index contributed by atoms with van der Waals surface area (Å²) in [7, 11) is 0. The van der Waals surface area contributed by atoms with Gasteiger partial charge in [0, 0.05) is 0 Å². The predicted molar refractivity (Wildman–Crippen MR) is 76.0 cm³/mol. The van der Waals surface area contributed by atoms with Gasteiger partial charge in [0.2, 0.25) is 0 Å². The number of aryl methyl sites for hydroxylation is 1. The van der Waals surface area contributed by atoms with Gasteiger partial charge in [0.05, 0.1) is 5.88 Å². The topological polar surface area (TPSA) is 38.7 Å². The molecule has 0 aliphatic carbocycles. The molecule has 1 aromatic carbocycles. The van der Waals surface area contributed by atoms with Crippen molar-refractivity contribution in [2.45, 2.75) is 38.9 Å². The van der Waals surface area contributed by atoms with Gasteiger partial charge in [-0.15, -0.1) is 11.6 Å². The summed E-state index contributed by atoms with van der Waals surface area (Å²) in [5, 5.41) is 9.99. The molecule has 0 amide bonds. The molecule has 4 heteroatoms. The van der Waals surface area contributed by atoms with Gasteiger partial charge in [0.1, 0.15) is 0 Å². The first-order valence-electron chi connectivity index (χ1n) is 6.79.